The average Bonchev–Trinajstić information content (AvgIpc) is 2.36. The summed E-state index contributed by atoms with van der Waals surface area (Å²) < 4.78 is 0. The number of ketones is 1. The van der Waals surface area contributed by atoms with Crippen molar-refractivity contribution in [1.82, 2.24) is 5.32 Å². The van der Waals surface area contributed by atoms with Crippen LogP contribution >= 0.6 is 0 Å². The third-order valence-corrected chi connectivity index (χ3v) is 3.51. The van der Waals surface area contributed by atoms with Gasteiger partial charge in [-0.1, -0.05) is 44.2 Å². The molecule has 0 aromatic heterocycles. The Morgan fingerprint density at radius 1 is 1.37 bits per heavy atom. The highest BCUT2D eigenvalue weighted by molar-refractivity contribution is 5.92. The van der Waals surface area contributed by atoms with Gasteiger partial charge in [-0.25, -0.2) is 0 Å². The third-order valence-electron chi connectivity index (χ3n) is 3.51. The molecule has 19 heavy (non-hydrogen) atoms. The van der Waals surface area contributed by atoms with Crippen LogP contribution in [0.3, 0.4) is 0 Å². The van der Waals surface area contributed by atoms with Gasteiger partial charge in [-0.05, 0) is 11.0 Å². The smallest absolute Gasteiger partial charge is 0.158 e. The van der Waals surface area contributed by atoms with Crippen molar-refractivity contribution in [2.75, 3.05) is 0 Å². The fourth-order valence-electron chi connectivity index (χ4n) is 2.48. The molecule has 1 N–H and O–H groups in total. The van der Waals surface area contributed by atoms with Crippen LogP contribution in [0.1, 0.15) is 25.8 Å². The number of rotatable bonds is 3. The van der Waals surface area contributed by atoms with Gasteiger partial charge in [0.05, 0.1) is 12.0 Å². The van der Waals surface area contributed by atoms with E-state index in [1.54, 1.807) is 6.08 Å². The van der Waals surface area contributed by atoms with Gasteiger partial charge in [-0.15, -0.1) is 0 Å². The van der Waals surface area contributed by atoms with Gasteiger partial charge in [0, 0.05) is 24.7 Å². The zero-order valence-corrected chi connectivity index (χ0v) is 11.3. The van der Waals surface area contributed by atoms with Crippen LogP contribution in [0.2, 0.25) is 0 Å². The molecule has 0 saturated carbocycles. The molecule has 3 heteroatoms. The van der Waals surface area contributed by atoms with Crippen molar-refractivity contribution in [1.29, 1.82) is 5.26 Å². The van der Waals surface area contributed by atoms with Crippen LogP contribution in [0, 0.1) is 22.7 Å². The molecule has 1 atom stereocenters. The van der Waals surface area contributed by atoms with Crippen molar-refractivity contribution in [2.24, 2.45) is 11.3 Å². The van der Waals surface area contributed by atoms with Crippen LogP contribution < -0.4 is 5.32 Å². The minimum Gasteiger partial charge on any atom is -0.383 e. The maximum Gasteiger partial charge on any atom is 0.158 e. The lowest BCUT2D eigenvalue weighted by atomic mass is 9.70. The lowest BCUT2D eigenvalue weighted by Crippen LogP contribution is -2.36. The first kappa shape index (κ1) is 13.4. The molecule has 1 aromatic rings. The zero-order chi connectivity index (χ0) is 13.9. The van der Waals surface area contributed by atoms with E-state index in [1.165, 1.54) is 0 Å². The van der Waals surface area contributed by atoms with Gasteiger partial charge in [-0.2, -0.15) is 5.26 Å². The first-order valence-corrected chi connectivity index (χ1v) is 6.45. The first-order valence-electron chi connectivity index (χ1n) is 6.45. The molecule has 1 aromatic carbocycles. The Morgan fingerprint density at radius 2 is 2.05 bits per heavy atom. The highest BCUT2D eigenvalue weighted by Crippen LogP contribution is 2.38. The highest BCUT2D eigenvalue weighted by atomic mass is 16.1. The number of hydrogen-bond acceptors (Lipinski definition) is 3. The summed E-state index contributed by atoms with van der Waals surface area (Å²) >= 11 is 0. The van der Waals surface area contributed by atoms with E-state index in [-0.39, 0.29) is 17.1 Å². The van der Waals surface area contributed by atoms with E-state index in [9.17, 15) is 10.1 Å². The average molecular weight is 254 g/mol. The van der Waals surface area contributed by atoms with Crippen LogP contribution in [-0.4, -0.2) is 5.78 Å². The van der Waals surface area contributed by atoms with E-state index in [4.69, 9.17) is 0 Å². The molecule has 0 radical (unpaired) electrons. The molecule has 3 nitrogen and oxygen atoms in total. The Morgan fingerprint density at radius 3 is 2.68 bits per heavy atom. The second-order valence-electron chi connectivity index (χ2n) is 5.63. The van der Waals surface area contributed by atoms with E-state index < -0.39 is 0 Å². The molecule has 2 rings (SSSR count). The molecule has 0 spiro atoms. The van der Waals surface area contributed by atoms with E-state index in [0.717, 1.165) is 11.3 Å². The largest absolute Gasteiger partial charge is 0.383 e. The second-order valence-corrected chi connectivity index (χ2v) is 5.63. The predicted octanol–water partition coefficient (Wildman–Crippen LogP) is 2.80. The molecule has 0 aliphatic heterocycles. The summed E-state index contributed by atoms with van der Waals surface area (Å²) in [5, 5.41) is 12.6. The summed E-state index contributed by atoms with van der Waals surface area (Å²) in [4.78, 5) is 11.7. The zero-order valence-electron chi connectivity index (χ0n) is 11.3. The minimum absolute atomic E-state index is 0.0899. The molecule has 98 valence electrons. The molecule has 0 amide bonds. The third kappa shape index (κ3) is 3.03. The van der Waals surface area contributed by atoms with Gasteiger partial charge in [0.1, 0.15) is 0 Å². The standard InChI is InChI=1S/C16H18N2O/c1-16(2)9-13(19)8-15(14(16)10-17)18-11-12-6-4-3-5-7-12/h3-8,14,18H,9,11H2,1-2H3. The number of carbonyl (C=O) groups is 1. The van der Waals surface area contributed by atoms with Crippen LogP contribution in [0.15, 0.2) is 42.1 Å². The van der Waals surface area contributed by atoms with Gasteiger partial charge >= 0.3 is 0 Å². The van der Waals surface area contributed by atoms with E-state index in [0.29, 0.717) is 13.0 Å². The number of allylic oxidation sites excluding steroid dienone is 2. The van der Waals surface area contributed by atoms with Gasteiger partial charge < -0.3 is 5.32 Å². The molecule has 0 bridgehead atoms. The fourth-order valence-corrected chi connectivity index (χ4v) is 2.48. The summed E-state index contributed by atoms with van der Waals surface area (Å²) in [5.74, 6) is -0.166. The Labute approximate surface area is 113 Å². The molecule has 1 unspecified atom stereocenters. The molecule has 0 heterocycles. The number of hydrogen-bond donors (Lipinski definition) is 1. The Balaban J connectivity index is 2.14. The fraction of sp³-hybridized carbons (Fsp3) is 0.375. The normalized spacial score (nSPS) is 21.4. The molecular weight excluding hydrogens is 236 g/mol. The monoisotopic (exact) mass is 254 g/mol. The second kappa shape index (κ2) is 5.27. The number of benzene rings is 1. The van der Waals surface area contributed by atoms with E-state index in [2.05, 4.69) is 11.4 Å². The van der Waals surface area contributed by atoms with Crippen molar-refractivity contribution in [2.45, 2.75) is 26.8 Å². The lowest BCUT2D eigenvalue weighted by Gasteiger charge is -2.34. The molecule has 0 fully saturated rings. The quantitative estimate of drug-likeness (QED) is 0.902. The number of nitrogens with one attached hydrogen (secondary N) is 1. The van der Waals surface area contributed by atoms with Crippen LogP contribution in [0.4, 0.5) is 0 Å². The summed E-state index contributed by atoms with van der Waals surface area (Å²) in [6.07, 6.45) is 2.02. The SMILES string of the molecule is CC1(C)CC(=O)C=C(NCc2ccccc2)C1C#N. The van der Waals surface area contributed by atoms with Crippen molar-refractivity contribution < 1.29 is 4.79 Å². The summed E-state index contributed by atoms with van der Waals surface area (Å²) in [6.45, 7) is 4.57. The van der Waals surface area contributed by atoms with Gasteiger partial charge in [0.15, 0.2) is 5.78 Å². The van der Waals surface area contributed by atoms with E-state index >= 15 is 0 Å². The number of nitriles is 1. The number of nitrogens with zero attached hydrogens (tertiary/aromatic N) is 1. The molecule has 1 aliphatic carbocycles. The van der Waals surface area contributed by atoms with Crippen molar-refractivity contribution >= 4 is 5.78 Å². The minimum atomic E-state index is -0.306. The predicted molar refractivity (Wildman–Crippen MR) is 73.9 cm³/mol. The first-order chi connectivity index (χ1) is 9.03. The van der Waals surface area contributed by atoms with Crippen LogP contribution in [0.5, 0.6) is 0 Å². The van der Waals surface area contributed by atoms with Crippen molar-refractivity contribution in [3.63, 3.8) is 0 Å². The van der Waals surface area contributed by atoms with Gasteiger partial charge in [0.2, 0.25) is 0 Å². The molecular formula is C16H18N2O. The number of carbonyl (C=O) groups excluding carboxylic acids is 1. The van der Waals surface area contributed by atoms with E-state index in [1.807, 2.05) is 44.2 Å². The molecule has 0 saturated heterocycles. The van der Waals surface area contributed by atoms with Gasteiger partial charge in [0.25, 0.3) is 0 Å². The summed E-state index contributed by atoms with van der Waals surface area (Å²) in [7, 11) is 0. The van der Waals surface area contributed by atoms with Gasteiger partial charge in [-0.3, -0.25) is 4.79 Å². The Hall–Kier alpha value is -2.08. The summed E-state index contributed by atoms with van der Waals surface area (Å²) in [5.41, 5.74) is 1.57. The van der Waals surface area contributed by atoms with Crippen LogP contribution in [0.25, 0.3) is 0 Å². The lowest BCUT2D eigenvalue weighted by molar-refractivity contribution is -0.117. The maximum absolute atomic E-state index is 11.7. The topological polar surface area (TPSA) is 52.9 Å². The van der Waals surface area contributed by atoms with Crippen molar-refractivity contribution in [3.05, 3.63) is 47.7 Å². The van der Waals surface area contributed by atoms with Crippen LogP contribution in [-0.2, 0) is 11.3 Å². The summed E-state index contributed by atoms with van der Waals surface area (Å²) in [6, 6.07) is 12.3. The van der Waals surface area contributed by atoms with Crippen molar-refractivity contribution in [3.8, 4) is 6.07 Å². The highest BCUT2D eigenvalue weighted by Gasteiger charge is 2.37. The Bertz CT molecular complexity index is 538. The Kier molecular flexibility index (Phi) is 3.71. The maximum atomic E-state index is 11.7. The molecule has 1 aliphatic rings.